The Morgan fingerprint density at radius 1 is 1.44 bits per heavy atom. The number of nitrogen functional groups attached to an aromatic ring is 1. The van der Waals surface area contributed by atoms with Crippen molar-refractivity contribution in [2.45, 2.75) is 51.8 Å². The summed E-state index contributed by atoms with van der Waals surface area (Å²) in [6, 6.07) is 0.488. The second-order valence-electron chi connectivity index (χ2n) is 5.24. The average Bonchev–Trinajstić information content (AvgIpc) is 2.95. The van der Waals surface area contributed by atoms with E-state index in [-0.39, 0.29) is 0 Å². The number of rotatable bonds is 2. The number of hydrogen-bond donors (Lipinski definition) is 1. The third-order valence-electron chi connectivity index (χ3n) is 4.20. The van der Waals surface area contributed by atoms with E-state index in [1.807, 2.05) is 11.6 Å². The first-order chi connectivity index (χ1) is 8.72. The van der Waals surface area contributed by atoms with Crippen LogP contribution in [0.1, 0.15) is 31.9 Å². The van der Waals surface area contributed by atoms with Crippen molar-refractivity contribution >= 4 is 11.5 Å². The van der Waals surface area contributed by atoms with Gasteiger partial charge in [0.2, 0.25) is 0 Å². The van der Waals surface area contributed by atoms with E-state index in [1.165, 1.54) is 19.3 Å². The summed E-state index contributed by atoms with van der Waals surface area (Å²) in [4.78, 5) is 2.43. The lowest BCUT2D eigenvalue weighted by Gasteiger charge is -2.39. The number of aromatic nitrogens is 2. The zero-order chi connectivity index (χ0) is 12.7. The summed E-state index contributed by atoms with van der Waals surface area (Å²) in [5.74, 6) is 1.11. The van der Waals surface area contributed by atoms with E-state index < -0.39 is 0 Å². The van der Waals surface area contributed by atoms with Gasteiger partial charge in [0, 0.05) is 13.1 Å². The van der Waals surface area contributed by atoms with Crippen LogP contribution in [0.25, 0.3) is 0 Å². The number of hydrogen-bond acceptors (Lipinski definition) is 4. The van der Waals surface area contributed by atoms with Crippen molar-refractivity contribution in [1.29, 1.82) is 0 Å². The van der Waals surface area contributed by atoms with Gasteiger partial charge in [0.25, 0.3) is 0 Å². The highest BCUT2D eigenvalue weighted by atomic mass is 16.5. The number of morpholine rings is 1. The molecule has 5 heteroatoms. The van der Waals surface area contributed by atoms with Crippen molar-refractivity contribution < 1.29 is 4.74 Å². The number of nitrogens with zero attached hydrogens (tertiary/aromatic N) is 3. The third kappa shape index (κ3) is 1.68. The van der Waals surface area contributed by atoms with Crippen molar-refractivity contribution in [2.24, 2.45) is 0 Å². The van der Waals surface area contributed by atoms with Gasteiger partial charge in [-0.1, -0.05) is 0 Å². The molecule has 100 valence electrons. The minimum absolute atomic E-state index is 0.388. The molecule has 2 heterocycles. The van der Waals surface area contributed by atoms with Gasteiger partial charge in [-0.15, -0.1) is 0 Å². The van der Waals surface area contributed by atoms with E-state index in [4.69, 9.17) is 10.5 Å². The highest BCUT2D eigenvalue weighted by Gasteiger charge is 2.38. The summed E-state index contributed by atoms with van der Waals surface area (Å²) in [6.45, 7) is 6.69. The van der Waals surface area contributed by atoms with Crippen LogP contribution in [0.5, 0.6) is 0 Å². The molecular weight excluding hydrogens is 228 g/mol. The van der Waals surface area contributed by atoms with Gasteiger partial charge in [-0.3, -0.25) is 0 Å². The topological polar surface area (TPSA) is 56.3 Å². The monoisotopic (exact) mass is 250 g/mol. The number of fused-ring (bicyclic) bond motifs is 1. The molecule has 2 N–H and O–H groups in total. The maximum absolute atomic E-state index is 6.23. The predicted octanol–water partition coefficient (Wildman–Crippen LogP) is 1.55. The van der Waals surface area contributed by atoms with Gasteiger partial charge in [0.1, 0.15) is 0 Å². The van der Waals surface area contributed by atoms with Gasteiger partial charge >= 0.3 is 0 Å². The van der Waals surface area contributed by atoms with Crippen LogP contribution in [0.2, 0.25) is 0 Å². The number of nitrogens with two attached hydrogens (primary N) is 1. The molecule has 0 amide bonds. The number of anilines is 2. The van der Waals surface area contributed by atoms with Gasteiger partial charge in [0.05, 0.1) is 30.1 Å². The fourth-order valence-corrected chi connectivity index (χ4v) is 3.30. The maximum Gasteiger partial charge on any atom is 0.151 e. The molecule has 1 aliphatic carbocycles. The van der Waals surface area contributed by atoms with Crippen LogP contribution >= 0.6 is 0 Å². The Morgan fingerprint density at radius 2 is 2.28 bits per heavy atom. The normalized spacial score (nSPS) is 27.6. The summed E-state index contributed by atoms with van der Waals surface area (Å²) in [7, 11) is 0. The fourth-order valence-electron chi connectivity index (χ4n) is 3.30. The lowest BCUT2D eigenvalue weighted by atomic mass is 10.1. The molecule has 3 rings (SSSR count). The fraction of sp³-hybridized carbons (Fsp3) is 0.769. The Morgan fingerprint density at radius 3 is 3.06 bits per heavy atom. The molecule has 1 saturated carbocycles. The van der Waals surface area contributed by atoms with Gasteiger partial charge < -0.3 is 15.4 Å². The molecule has 0 spiro atoms. The summed E-state index contributed by atoms with van der Waals surface area (Å²) in [6.07, 6.45) is 4.03. The quantitative estimate of drug-likeness (QED) is 0.865. The smallest absolute Gasteiger partial charge is 0.151 e. The van der Waals surface area contributed by atoms with Gasteiger partial charge in [-0.25, -0.2) is 4.68 Å². The first-order valence-corrected chi connectivity index (χ1v) is 6.93. The molecule has 1 saturated heterocycles. The summed E-state index contributed by atoms with van der Waals surface area (Å²) < 4.78 is 7.89. The lowest BCUT2D eigenvalue weighted by Crippen LogP contribution is -2.49. The van der Waals surface area contributed by atoms with Crippen LogP contribution in [0.15, 0.2) is 0 Å². The Labute approximate surface area is 108 Å². The van der Waals surface area contributed by atoms with Crippen molar-refractivity contribution in [2.75, 3.05) is 23.8 Å². The standard InChI is InChI=1S/C13H22N4O/c1-3-17-13(12(14)9(2)15-17)16-7-8-18-11-6-4-5-10(11)16/h10-11H,3-8,14H2,1-2H3. The van der Waals surface area contributed by atoms with Crippen molar-refractivity contribution in [3.63, 3.8) is 0 Å². The molecule has 1 aromatic rings. The molecule has 18 heavy (non-hydrogen) atoms. The van der Waals surface area contributed by atoms with E-state index in [0.717, 1.165) is 36.9 Å². The lowest BCUT2D eigenvalue weighted by molar-refractivity contribution is 0.0250. The third-order valence-corrected chi connectivity index (χ3v) is 4.20. The van der Waals surface area contributed by atoms with Crippen LogP contribution in [-0.4, -0.2) is 35.1 Å². The second-order valence-corrected chi connectivity index (χ2v) is 5.24. The zero-order valence-electron chi connectivity index (χ0n) is 11.2. The van der Waals surface area contributed by atoms with Gasteiger partial charge in [0.15, 0.2) is 5.82 Å². The molecule has 1 aliphatic heterocycles. The summed E-state index contributed by atoms with van der Waals surface area (Å²) in [5, 5.41) is 4.53. The Balaban J connectivity index is 1.98. The number of ether oxygens (including phenoxy) is 1. The first-order valence-electron chi connectivity index (χ1n) is 6.93. The molecule has 2 fully saturated rings. The SMILES string of the molecule is CCn1nc(C)c(N)c1N1CCOC2CCCC21. The zero-order valence-corrected chi connectivity index (χ0v) is 11.2. The maximum atomic E-state index is 6.23. The Bertz CT molecular complexity index is 442. The minimum atomic E-state index is 0.388. The van der Waals surface area contributed by atoms with E-state index in [9.17, 15) is 0 Å². The van der Waals surface area contributed by atoms with Crippen LogP contribution in [-0.2, 0) is 11.3 Å². The highest BCUT2D eigenvalue weighted by Crippen LogP contribution is 2.36. The highest BCUT2D eigenvalue weighted by molar-refractivity contribution is 5.67. The Hall–Kier alpha value is -1.23. The summed E-state index contributed by atoms with van der Waals surface area (Å²) in [5.41, 5.74) is 8.00. The molecular formula is C13H22N4O. The molecule has 2 unspecified atom stereocenters. The van der Waals surface area contributed by atoms with E-state index in [0.29, 0.717) is 12.1 Å². The van der Waals surface area contributed by atoms with E-state index in [2.05, 4.69) is 16.9 Å². The molecule has 0 bridgehead atoms. The predicted molar refractivity (Wildman–Crippen MR) is 71.8 cm³/mol. The van der Waals surface area contributed by atoms with Crippen molar-refractivity contribution in [3.8, 4) is 0 Å². The molecule has 0 aromatic carbocycles. The summed E-state index contributed by atoms with van der Waals surface area (Å²) >= 11 is 0. The van der Waals surface area contributed by atoms with Crippen LogP contribution in [0.4, 0.5) is 11.5 Å². The average molecular weight is 250 g/mol. The first kappa shape index (κ1) is 11.8. The van der Waals surface area contributed by atoms with Gasteiger partial charge in [-0.2, -0.15) is 5.10 Å². The molecule has 2 atom stereocenters. The van der Waals surface area contributed by atoms with Crippen LogP contribution in [0, 0.1) is 6.92 Å². The van der Waals surface area contributed by atoms with Crippen LogP contribution < -0.4 is 10.6 Å². The molecule has 2 aliphatic rings. The van der Waals surface area contributed by atoms with E-state index >= 15 is 0 Å². The van der Waals surface area contributed by atoms with Crippen molar-refractivity contribution in [1.82, 2.24) is 9.78 Å². The van der Waals surface area contributed by atoms with Crippen molar-refractivity contribution in [3.05, 3.63) is 5.69 Å². The second kappa shape index (κ2) is 4.46. The van der Waals surface area contributed by atoms with Crippen LogP contribution in [0.3, 0.4) is 0 Å². The minimum Gasteiger partial charge on any atom is -0.394 e. The molecule has 1 aromatic heterocycles. The number of aryl methyl sites for hydroxylation is 2. The largest absolute Gasteiger partial charge is 0.394 e. The van der Waals surface area contributed by atoms with E-state index in [1.54, 1.807) is 0 Å². The molecule has 0 radical (unpaired) electrons. The molecule has 5 nitrogen and oxygen atoms in total. The van der Waals surface area contributed by atoms with Gasteiger partial charge in [-0.05, 0) is 33.1 Å². The Kier molecular flexibility index (Phi) is 2.93.